The summed E-state index contributed by atoms with van der Waals surface area (Å²) in [5, 5.41) is 0.552. The predicted octanol–water partition coefficient (Wildman–Crippen LogP) is 3.61. The Bertz CT molecular complexity index is 1080. The number of carbonyl (C=O) groups is 1. The standard InChI is InChI=1S/C16H12ClF6N3O4S/c1-7(26-31(28,29)16(21,22)23)6-30-14-11(19)9(17)10(18)13(12(14)20)25-15(27)8-3-2-4-24-5-8/h2-5,7,26H,6H2,1H3,(H,25,27)/t7-/m0/s1. The molecule has 0 aliphatic rings. The van der Waals surface area contributed by atoms with Gasteiger partial charge in [0.25, 0.3) is 5.91 Å². The first kappa shape index (κ1) is 24.7. The number of anilines is 1. The second kappa shape index (κ2) is 9.28. The number of hydrogen-bond donors (Lipinski definition) is 2. The van der Waals surface area contributed by atoms with Crippen LogP contribution in [0.15, 0.2) is 24.5 Å². The van der Waals surface area contributed by atoms with Crippen LogP contribution in [0.2, 0.25) is 5.02 Å². The maximum atomic E-state index is 14.6. The van der Waals surface area contributed by atoms with Crippen molar-refractivity contribution in [2.24, 2.45) is 0 Å². The molecule has 1 aromatic heterocycles. The molecule has 2 rings (SSSR count). The maximum Gasteiger partial charge on any atom is 0.511 e. The number of rotatable bonds is 7. The molecule has 170 valence electrons. The molecule has 15 heteroatoms. The topological polar surface area (TPSA) is 97.4 Å². The lowest BCUT2D eigenvalue weighted by Crippen LogP contribution is -2.43. The van der Waals surface area contributed by atoms with Crippen LogP contribution in [0.1, 0.15) is 17.3 Å². The van der Waals surface area contributed by atoms with Gasteiger partial charge in [-0.25, -0.2) is 26.3 Å². The fraction of sp³-hybridized carbons (Fsp3) is 0.250. The highest BCUT2D eigenvalue weighted by Gasteiger charge is 2.46. The summed E-state index contributed by atoms with van der Waals surface area (Å²) in [5.41, 5.74) is -6.93. The third-order valence-corrected chi connectivity index (χ3v) is 5.18. The molecule has 0 aliphatic heterocycles. The maximum absolute atomic E-state index is 14.6. The van der Waals surface area contributed by atoms with Gasteiger partial charge < -0.3 is 10.1 Å². The van der Waals surface area contributed by atoms with Gasteiger partial charge in [-0.3, -0.25) is 9.78 Å². The summed E-state index contributed by atoms with van der Waals surface area (Å²) in [6.45, 7) is -0.0869. The lowest BCUT2D eigenvalue weighted by Gasteiger charge is -2.18. The summed E-state index contributed by atoms with van der Waals surface area (Å²) in [4.78, 5) is 15.7. The number of sulfonamides is 1. The van der Waals surface area contributed by atoms with Gasteiger partial charge in [-0.05, 0) is 19.1 Å². The molecule has 1 amide bonds. The zero-order chi connectivity index (χ0) is 23.6. The molecular weight excluding hydrogens is 480 g/mol. The first-order valence-corrected chi connectivity index (χ1v) is 9.91. The SMILES string of the molecule is C[C@@H](COc1c(F)c(Cl)c(F)c(NC(=O)c2cccnc2)c1F)NS(=O)(=O)C(F)(F)F. The van der Waals surface area contributed by atoms with Gasteiger partial charge in [-0.15, -0.1) is 0 Å². The first-order valence-electron chi connectivity index (χ1n) is 8.05. The molecule has 0 aliphatic carbocycles. The predicted molar refractivity (Wildman–Crippen MR) is 96.6 cm³/mol. The van der Waals surface area contributed by atoms with Crippen LogP contribution in [0.25, 0.3) is 0 Å². The molecule has 1 atom stereocenters. The van der Waals surface area contributed by atoms with Crippen LogP contribution in [0.4, 0.5) is 32.0 Å². The normalized spacial score (nSPS) is 13.0. The number of hydrogen-bond acceptors (Lipinski definition) is 5. The Morgan fingerprint density at radius 3 is 2.42 bits per heavy atom. The molecule has 7 nitrogen and oxygen atoms in total. The Labute approximate surface area is 176 Å². The molecule has 0 fully saturated rings. The number of amides is 1. The minimum absolute atomic E-state index is 0.112. The lowest BCUT2D eigenvalue weighted by atomic mass is 10.2. The number of aromatic nitrogens is 1. The highest BCUT2D eigenvalue weighted by Crippen LogP contribution is 2.37. The van der Waals surface area contributed by atoms with Crippen LogP contribution in [-0.4, -0.2) is 37.5 Å². The minimum Gasteiger partial charge on any atom is -0.486 e. The van der Waals surface area contributed by atoms with Crippen molar-refractivity contribution in [1.82, 2.24) is 9.71 Å². The highest BCUT2D eigenvalue weighted by atomic mass is 35.5. The molecule has 31 heavy (non-hydrogen) atoms. The molecule has 0 saturated heterocycles. The third kappa shape index (κ3) is 5.57. The van der Waals surface area contributed by atoms with E-state index >= 15 is 0 Å². The van der Waals surface area contributed by atoms with Gasteiger partial charge in [0.15, 0.2) is 23.2 Å². The lowest BCUT2D eigenvalue weighted by molar-refractivity contribution is -0.0451. The van der Waals surface area contributed by atoms with Crippen molar-refractivity contribution in [3.63, 3.8) is 0 Å². The van der Waals surface area contributed by atoms with Gasteiger partial charge in [0, 0.05) is 12.4 Å². The van der Waals surface area contributed by atoms with Crippen molar-refractivity contribution in [2.45, 2.75) is 18.5 Å². The van der Waals surface area contributed by atoms with Crippen molar-refractivity contribution in [3.8, 4) is 5.75 Å². The molecule has 1 aromatic carbocycles. The average Bonchev–Trinajstić information content (AvgIpc) is 2.69. The van der Waals surface area contributed by atoms with E-state index in [4.69, 9.17) is 16.3 Å². The number of carbonyl (C=O) groups excluding carboxylic acids is 1. The highest BCUT2D eigenvalue weighted by molar-refractivity contribution is 7.90. The summed E-state index contributed by atoms with van der Waals surface area (Å²) in [5.74, 6) is -7.56. The largest absolute Gasteiger partial charge is 0.511 e. The molecule has 2 N–H and O–H groups in total. The smallest absolute Gasteiger partial charge is 0.486 e. The van der Waals surface area contributed by atoms with Crippen LogP contribution in [0.5, 0.6) is 5.75 Å². The molecule has 0 saturated carbocycles. The Kier molecular flexibility index (Phi) is 7.39. The van der Waals surface area contributed by atoms with Gasteiger partial charge >= 0.3 is 15.5 Å². The van der Waals surface area contributed by atoms with E-state index in [2.05, 4.69) is 4.98 Å². The van der Waals surface area contributed by atoms with Crippen molar-refractivity contribution in [1.29, 1.82) is 0 Å². The molecule has 0 radical (unpaired) electrons. The fourth-order valence-corrected chi connectivity index (χ4v) is 3.02. The molecule has 2 aromatic rings. The van der Waals surface area contributed by atoms with Crippen molar-refractivity contribution < 1.29 is 44.3 Å². The molecule has 0 spiro atoms. The second-order valence-corrected chi connectivity index (χ2v) is 8.02. The average molecular weight is 492 g/mol. The van der Waals surface area contributed by atoms with Crippen LogP contribution in [-0.2, 0) is 10.0 Å². The number of ether oxygens (including phenoxy) is 1. The molecule has 0 unspecified atom stereocenters. The first-order chi connectivity index (χ1) is 14.3. The number of halogens is 7. The Hall–Kier alpha value is -2.58. The van der Waals surface area contributed by atoms with E-state index in [1.165, 1.54) is 23.1 Å². The summed E-state index contributed by atoms with van der Waals surface area (Å²) >= 11 is 5.45. The zero-order valence-corrected chi connectivity index (χ0v) is 16.8. The van der Waals surface area contributed by atoms with Gasteiger partial charge in [-0.1, -0.05) is 11.6 Å². The summed E-state index contributed by atoms with van der Waals surface area (Å²) in [6, 6.07) is 1.01. The van der Waals surface area contributed by atoms with E-state index in [9.17, 15) is 39.6 Å². The van der Waals surface area contributed by atoms with Crippen LogP contribution >= 0.6 is 11.6 Å². The van der Waals surface area contributed by atoms with Crippen LogP contribution in [0.3, 0.4) is 0 Å². The number of nitrogens with one attached hydrogen (secondary N) is 2. The van der Waals surface area contributed by atoms with Crippen LogP contribution < -0.4 is 14.8 Å². The van der Waals surface area contributed by atoms with Gasteiger partial charge in [-0.2, -0.15) is 13.2 Å². The van der Waals surface area contributed by atoms with Gasteiger partial charge in [0.05, 0.1) is 11.6 Å². The Morgan fingerprint density at radius 1 is 1.23 bits per heavy atom. The van der Waals surface area contributed by atoms with E-state index in [-0.39, 0.29) is 5.56 Å². The second-order valence-electron chi connectivity index (χ2n) is 5.93. The summed E-state index contributed by atoms with van der Waals surface area (Å²) in [7, 11) is -5.76. The van der Waals surface area contributed by atoms with E-state index < -0.39 is 68.0 Å². The zero-order valence-electron chi connectivity index (χ0n) is 15.2. The van der Waals surface area contributed by atoms with Gasteiger partial charge in [0.1, 0.15) is 17.3 Å². The van der Waals surface area contributed by atoms with Crippen LogP contribution in [0, 0.1) is 17.5 Å². The minimum atomic E-state index is -5.76. The van der Waals surface area contributed by atoms with E-state index in [0.717, 1.165) is 13.1 Å². The van der Waals surface area contributed by atoms with E-state index in [1.807, 2.05) is 5.32 Å². The van der Waals surface area contributed by atoms with E-state index in [1.54, 1.807) is 0 Å². The monoisotopic (exact) mass is 491 g/mol. The van der Waals surface area contributed by atoms with Crippen molar-refractivity contribution in [3.05, 3.63) is 52.6 Å². The van der Waals surface area contributed by atoms with Crippen molar-refractivity contribution >= 4 is 33.2 Å². The quantitative estimate of drug-likeness (QED) is 0.350. The Morgan fingerprint density at radius 2 is 1.87 bits per heavy atom. The fourth-order valence-electron chi connectivity index (χ4n) is 2.11. The summed E-state index contributed by atoms with van der Waals surface area (Å²) in [6.07, 6.45) is 2.40. The third-order valence-electron chi connectivity index (χ3n) is 3.52. The van der Waals surface area contributed by atoms with E-state index in [0.29, 0.717) is 0 Å². The number of pyridine rings is 1. The van der Waals surface area contributed by atoms with Gasteiger partial charge in [0.2, 0.25) is 0 Å². The van der Waals surface area contributed by atoms with Crippen molar-refractivity contribution in [2.75, 3.05) is 11.9 Å². The molecule has 0 bridgehead atoms. The number of alkyl halides is 3. The number of benzene rings is 1. The molecule has 1 heterocycles. The Balaban J connectivity index is 2.27. The number of nitrogens with zero attached hydrogens (tertiary/aromatic N) is 1. The summed E-state index contributed by atoms with van der Waals surface area (Å²) < 4.78 is 108. The molecular formula is C16H12ClF6N3O4S.